The zero-order valence-corrected chi connectivity index (χ0v) is 14.2. The van der Waals surface area contributed by atoms with Crippen LogP contribution in [0.4, 0.5) is 0 Å². The van der Waals surface area contributed by atoms with Crippen molar-refractivity contribution >= 4 is 16.9 Å². The third kappa shape index (κ3) is 3.41. The predicted octanol–water partition coefficient (Wildman–Crippen LogP) is 3.48. The molecule has 27 heavy (non-hydrogen) atoms. The number of carbonyl (C=O) groups excluding carboxylic acids is 1. The molecular formula is C21H15N3O3. The number of hydrogen-bond donors (Lipinski definition) is 2. The van der Waals surface area contributed by atoms with Crippen LogP contribution in [0.15, 0.2) is 77.7 Å². The Balaban J connectivity index is 1.63. The van der Waals surface area contributed by atoms with Gasteiger partial charge in [-0.2, -0.15) is 0 Å². The first-order valence-electron chi connectivity index (χ1n) is 8.26. The molecule has 6 nitrogen and oxygen atoms in total. The number of nitrogens with zero attached hydrogens (tertiary/aromatic N) is 1. The first kappa shape index (κ1) is 16.5. The predicted molar refractivity (Wildman–Crippen MR) is 103 cm³/mol. The Morgan fingerprint density at radius 3 is 2.56 bits per heavy atom. The monoisotopic (exact) mass is 357 g/mol. The number of aromatic amines is 1. The SMILES string of the molecule is NC(=O)c1cccc(-c2ccc(Oc3ccnc4[nH]c(=O)ccc34)cc2)c1. The average molecular weight is 357 g/mol. The summed E-state index contributed by atoms with van der Waals surface area (Å²) in [5, 5.41) is 0.718. The smallest absolute Gasteiger partial charge is 0.249 e. The molecule has 0 radical (unpaired) electrons. The molecule has 0 aliphatic carbocycles. The number of rotatable bonds is 4. The van der Waals surface area contributed by atoms with E-state index in [1.807, 2.05) is 30.3 Å². The van der Waals surface area contributed by atoms with Gasteiger partial charge in [0, 0.05) is 17.8 Å². The molecular weight excluding hydrogens is 342 g/mol. The first-order chi connectivity index (χ1) is 13.1. The van der Waals surface area contributed by atoms with Gasteiger partial charge in [-0.25, -0.2) is 4.98 Å². The van der Waals surface area contributed by atoms with Gasteiger partial charge >= 0.3 is 0 Å². The summed E-state index contributed by atoms with van der Waals surface area (Å²) >= 11 is 0. The van der Waals surface area contributed by atoms with E-state index in [4.69, 9.17) is 10.5 Å². The highest BCUT2D eigenvalue weighted by Crippen LogP contribution is 2.29. The van der Waals surface area contributed by atoms with Crippen LogP contribution in [0.2, 0.25) is 0 Å². The van der Waals surface area contributed by atoms with Crippen molar-refractivity contribution in [2.75, 3.05) is 0 Å². The number of nitrogens with two attached hydrogens (primary N) is 1. The Labute approximate surface area is 154 Å². The number of H-pyrrole nitrogens is 1. The summed E-state index contributed by atoms with van der Waals surface area (Å²) in [7, 11) is 0. The van der Waals surface area contributed by atoms with Crippen molar-refractivity contribution in [3.63, 3.8) is 0 Å². The molecule has 2 heterocycles. The number of ether oxygens (including phenoxy) is 1. The fourth-order valence-corrected chi connectivity index (χ4v) is 2.82. The van der Waals surface area contributed by atoms with E-state index in [0.717, 1.165) is 16.5 Å². The molecule has 0 spiro atoms. The first-order valence-corrected chi connectivity index (χ1v) is 8.26. The van der Waals surface area contributed by atoms with E-state index in [9.17, 15) is 9.59 Å². The van der Waals surface area contributed by atoms with Crippen LogP contribution >= 0.6 is 0 Å². The molecule has 3 N–H and O–H groups in total. The molecule has 4 rings (SSSR count). The molecule has 0 unspecified atom stereocenters. The van der Waals surface area contributed by atoms with Gasteiger partial charge in [-0.15, -0.1) is 0 Å². The molecule has 0 bridgehead atoms. The van der Waals surface area contributed by atoms with Crippen LogP contribution in [0.25, 0.3) is 22.2 Å². The van der Waals surface area contributed by atoms with Crippen molar-refractivity contribution in [2.45, 2.75) is 0 Å². The van der Waals surface area contributed by atoms with Crippen molar-refractivity contribution in [1.29, 1.82) is 0 Å². The van der Waals surface area contributed by atoms with Gasteiger partial charge < -0.3 is 15.5 Å². The van der Waals surface area contributed by atoms with Gasteiger partial charge in [-0.1, -0.05) is 24.3 Å². The molecule has 0 aliphatic rings. The highest BCUT2D eigenvalue weighted by Gasteiger charge is 2.07. The van der Waals surface area contributed by atoms with Gasteiger partial charge in [0.15, 0.2) is 0 Å². The summed E-state index contributed by atoms with van der Waals surface area (Å²) < 4.78 is 5.95. The normalized spacial score (nSPS) is 10.7. The Kier molecular flexibility index (Phi) is 4.14. The molecule has 6 heteroatoms. The maximum absolute atomic E-state index is 11.4. The maximum atomic E-state index is 11.4. The lowest BCUT2D eigenvalue weighted by atomic mass is 10.0. The maximum Gasteiger partial charge on any atom is 0.249 e. The van der Waals surface area contributed by atoms with Gasteiger partial charge in [0.1, 0.15) is 17.1 Å². The van der Waals surface area contributed by atoms with Crippen molar-refractivity contribution in [3.8, 4) is 22.6 Å². The number of aromatic nitrogens is 2. The molecule has 0 fully saturated rings. The second-order valence-corrected chi connectivity index (χ2v) is 5.97. The van der Waals surface area contributed by atoms with Crippen LogP contribution in [0.3, 0.4) is 0 Å². The molecule has 0 aliphatic heterocycles. The van der Waals surface area contributed by atoms with E-state index < -0.39 is 5.91 Å². The summed E-state index contributed by atoms with van der Waals surface area (Å²) in [6, 6.07) is 19.5. The Morgan fingerprint density at radius 1 is 0.963 bits per heavy atom. The van der Waals surface area contributed by atoms with Crippen LogP contribution in [0.5, 0.6) is 11.5 Å². The summed E-state index contributed by atoms with van der Waals surface area (Å²) in [6.45, 7) is 0. The Morgan fingerprint density at radius 2 is 1.78 bits per heavy atom. The second kappa shape index (κ2) is 6.76. The number of benzene rings is 2. The van der Waals surface area contributed by atoms with Crippen molar-refractivity contribution in [3.05, 3.63) is 88.8 Å². The molecule has 2 aromatic heterocycles. The third-order valence-corrected chi connectivity index (χ3v) is 4.16. The van der Waals surface area contributed by atoms with E-state index in [2.05, 4.69) is 9.97 Å². The molecule has 4 aromatic rings. The number of amides is 1. The largest absolute Gasteiger partial charge is 0.457 e. The highest BCUT2D eigenvalue weighted by atomic mass is 16.5. The van der Waals surface area contributed by atoms with Crippen molar-refractivity contribution in [2.24, 2.45) is 5.73 Å². The topological polar surface area (TPSA) is 98.1 Å². The van der Waals surface area contributed by atoms with Crippen LogP contribution in [0, 0.1) is 0 Å². The lowest BCUT2D eigenvalue weighted by molar-refractivity contribution is 0.100. The third-order valence-electron chi connectivity index (χ3n) is 4.16. The number of carbonyl (C=O) groups is 1. The molecule has 0 atom stereocenters. The van der Waals surface area contributed by atoms with Gasteiger partial charge in [0.25, 0.3) is 0 Å². The van der Waals surface area contributed by atoms with E-state index in [-0.39, 0.29) is 5.56 Å². The van der Waals surface area contributed by atoms with Gasteiger partial charge in [0.05, 0.1) is 5.39 Å². The Bertz CT molecular complexity index is 1200. The van der Waals surface area contributed by atoms with Crippen molar-refractivity contribution in [1.82, 2.24) is 9.97 Å². The summed E-state index contributed by atoms with van der Waals surface area (Å²) in [5.74, 6) is 0.780. The minimum atomic E-state index is -0.459. The molecule has 0 saturated heterocycles. The second-order valence-electron chi connectivity index (χ2n) is 5.97. The number of pyridine rings is 2. The van der Waals surface area contributed by atoms with E-state index in [1.54, 1.807) is 36.5 Å². The van der Waals surface area contributed by atoms with E-state index >= 15 is 0 Å². The van der Waals surface area contributed by atoms with Crippen molar-refractivity contribution < 1.29 is 9.53 Å². The van der Waals surface area contributed by atoms with Gasteiger partial charge in [-0.3, -0.25) is 9.59 Å². The standard InChI is InChI=1S/C21H15N3O3/c22-20(26)15-3-1-2-14(12-15)13-4-6-16(7-5-13)27-18-10-11-23-21-17(18)8-9-19(25)24-21/h1-12H,(H2,22,26)(H,23,24,25). The zero-order valence-electron chi connectivity index (χ0n) is 14.2. The lowest BCUT2D eigenvalue weighted by Gasteiger charge is -2.09. The quantitative estimate of drug-likeness (QED) is 0.584. The van der Waals surface area contributed by atoms with Crippen LogP contribution in [-0.4, -0.2) is 15.9 Å². The number of primary amides is 1. The average Bonchev–Trinajstić information content (AvgIpc) is 2.68. The van der Waals surface area contributed by atoms with E-state index in [1.165, 1.54) is 6.07 Å². The van der Waals surface area contributed by atoms with Crippen LogP contribution in [-0.2, 0) is 0 Å². The fourth-order valence-electron chi connectivity index (χ4n) is 2.82. The van der Waals surface area contributed by atoms with E-state index in [0.29, 0.717) is 22.7 Å². The minimum Gasteiger partial charge on any atom is -0.457 e. The van der Waals surface area contributed by atoms with Gasteiger partial charge in [0.2, 0.25) is 11.5 Å². The number of nitrogens with one attached hydrogen (secondary N) is 1. The van der Waals surface area contributed by atoms with Crippen LogP contribution in [0.1, 0.15) is 10.4 Å². The summed E-state index contributed by atoms with van der Waals surface area (Å²) in [6.07, 6.45) is 1.58. The number of hydrogen-bond acceptors (Lipinski definition) is 4. The lowest BCUT2D eigenvalue weighted by Crippen LogP contribution is -2.10. The fraction of sp³-hybridized carbons (Fsp3) is 0. The molecule has 1 amide bonds. The zero-order chi connectivity index (χ0) is 18.8. The summed E-state index contributed by atoms with van der Waals surface area (Å²) in [5.41, 5.74) is 7.89. The molecule has 0 saturated carbocycles. The summed E-state index contributed by atoms with van der Waals surface area (Å²) in [4.78, 5) is 29.6. The minimum absolute atomic E-state index is 0.213. The number of fused-ring (bicyclic) bond motifs is 1. The molecule has 132 valence electrons. The van der Waals surface area contributed by atoms with Crippen LogP contribution < -0.4 is 16.0 Å². The highest BCUT2D eigenvalue weighted by molar-refractivity contribution is 5.94. The van der Waals surface area contributed by atoms with Gasteiger partial charge in [-0.05, 0) is 47.5 Å². The molecule has 2 aromatic carbocycles. The Hall–Kier alpha value is -3.93.